The fourth-order valence-electron chi connectivity index (χ4n) is 1.56. The lowest BCUT2D eigenvalue weighted by molar-refractivity contribution is 0.218. The average molecular weight is 223 g/mol. The lowest BCUT2D eigenvalue weighted by atomic mass is 10.00. The SMILES string of the molecule is Cc1cc(Cl)ccc1[C@H](O)c1ccoc1. The Kier molecular flexibility index (Phi) is 2.80. The molecule has 78 valence electrons. The maximum atomic E-state index is 10.0. The molecule has 1 atom stereocenters. The van der Waals surface area contributed by atoms with Gasteiger partial charge >= 0.3 is 0 Å². The van der Waals surface area contributed by atoms with Gasteiger partial charge in [0.2, 0.25) is 0 Å². The molecule has 0 aliphatic rings. The maximum absolute atomic E-state index is 10.0. The van der Waals surface area contributed by atoms with Crippen LogP contribution in [0.25, 0.3) is 0 Å². The van der Waals surface area contributed by atoms with E-state index in [9.17, 15) is 5.11 Å². The Bertz CT molecular complexity index is 449. The summed E-state index contributed by atoms with van der Waals surface area (Å²) in [6.07, 6.45) is 2.43. The molecule has 1 N–H and O–H groups in total. The lowest BCUT2D eigenvalue weighted by Crippen LogP contribution is -2.00. The largest absolute Gasteiger partial charge is 0.472 e. The molecule has 15 heavy (non-hydrogen) atoms. The molecular weight excluding hydrogens is 212 g/mol. The molecule has 1 aromatic carbocycles. The van der Waals surface area contributed by atoms with Crippen molar-refractivity contribution >= 4 is 11.6 Å². The second-order valence-electron chi connectivity index (χ2n) is 3.46. The maximum Gasteiger partial charge on any atom is 0.107 e. The van der Waals surface area contributed by atoms with E-state index in [2.05, 4.69) is 0 Å². The smallest absolute Gasteiger partial charge is 0.107 e. The van der Waals surface area contributed by atoms with Gasteiger partial charge in [-0.2, -0.15) is 0 Å². The molecule has 1 aromatic heterocycles. The molecule has 0 saturated heterocycles. The summed E-state index contributed by atoms with van der Waals surface area (Å²) in [5.74, 6) is 0. The van der Waals surface area contributed by atoms with Crippen LogP contribution in [0.3, 0.4) is 0 Å². The minimum atomic E-state index is -0.652. The molecule has 2 aromatic rings. The molecule has 0 bridgehead atoms. The van der Waals surface area contributed by atoms with Crippen LogP contribution in [0.2, 0.25) is 5.02 Å². The molecule has 2 rings (SSSR count). The van der Waals surface area contributed by atoms with Crippen LogP contribution in [0.5, 0.6) is 0 Å². The van der Waals surface area contributed by atoms with Crippen molar-refractivity contribution in [1.29, 1.82) is 0 Å². The van der Waals surface area contributed by atoms with Gasteiger partial charge in [0, 0.05) is 10.6 Å². The Morgan fingerprint density at radius 2 is 2.13 bits per heavy atom. The number of furan rings is 1. The van der Waals surface area contributed by atoms with Crippen molar-refractivity contribution in [2.24, 2.45) is 0 Å². The summed E-state index contributed by atoms with van der Waals surface area (Å²) >= 11 is 5.85. The van der Waals surface area contributed by atoms with Crippen LogP contribution in [0.15, 0.2) is 41.2 Å². The second kappa shape index (κ2) is 4.09. The summed E-state index contributed by atoms with van der Waals surface area (Å²) in [6, 6.07) is 7.18. The summed E-state index contributed by atoms with van der Waals surface area (Å²) < 4.78 is 4.93. The third-order valence-electron chi connectivity index (χ3n) is 2.39. The van der Waals surface area contributed by atoms with E-state index in [0.29, 0.717) is 5.02 Å². The van der Waals surface area contributed by atoms with E-state index in [-0.39, 0.29) is 0 Å². The molecule has 3 heteroatoms. The van der Waals surface area contributed by atoms with E-state index in [1.807, 2.05) is 19.1 Å². The van der Waals surface area contributed by atoms with Crippen LogP contribution in [0.1, 0.15) is 22.8 Å². The van der Waals surface area contributed by atoms with Crippen LogP contribution in [-0.2, 0) is 0 Å². The van der Waals surface area contributed by atoms with E-state index < -0.39 is 6.10 Å². The van der Waals surface area contributed by atoms with Gasteiger partial charge in [0.15, 0.2) is 0 Å². The van der Waals surface area contributed by atoms with Crippen molar-refractivity contribution in [3.05, 3.63) is 58.5 Å². The normalized spacial score (nSPS) is 12.7. The van der Waals surface area contributed by atoms with Crippen molar-refractivity contribution in [2.45, 2.75) is 13.0 Å². The third kappa shape index (κ3) is 2.06. The number of aryl methyl sites for hydroxylation is 1. The summed E-state index contributed by atoms with van der Waals surface area (Å²) in [5, 5.41) is 10.7. The van der Waals surface area contributed by atoms with E-state index in [1.165, 1.54) is 0 Å². The molecule has 0 unspecified atom stereocenters. The van der Waals surface area contributed by atoms with Gasteiger partial charge in [-0.25, -0.2) is 0 Å². The van der Waals surface area contributed by atoms with Gasteiger partial charge in [-0.3, -0.25) is 0 Å². The third-order valence-corrected chi connectivity index (χ3v) is 2.62. The Hall–Kier alpha value is -1.25. The highest BCUT2D eigenvalue weighted by Crippen LogP contribution is 2.26. The minimum absolute atomic E-state index is 0.652. The summed E-state index contributed by atoms with van der Waals surface area (Å²) in [6.45, 7) is 1.92. The van der Waals surface area contributed by atoms with Gasteiger partial charge in [0.25, 0.3) is 0 Å². The van der Waals surface area contributed by atoms with E-state index in [4.69, 9.17) is 16.0 Å². The van der Waals surface area contributed by atoms with Gasteiger partial charge < -0.3 is 9.52 Å². The Labute approximate surface area is 93.1 Å². The first kappa shape index (κ1) is 10.3. The minimum Gasteiger partial charge on any atom is -0.472 e. The number of benzene rings is 1. The predicted octanol–water partition coefficient (Wildman–Crippen LogP) is 3.32. The molecule has 0 amide bonds. The van der Waals surface area contributed by atoms with Crippen LogP contribution < -0.4 is 0 Å². The first-order valence-corrected chi connectivity index (χ1v) is 5.02. The number of hydrogen-bond donors (Lipinski definition) is 1. The number of hydrogen-bond acceptors (Lipinski definition) is 2. The standard InChI is InChI=1S/C12H11ClO2/c1-8-6-10(13)2-3-11(8)12(14)9-4-5-15-7-9/h2-7,12,14H,1H3/t12-/m1/s1. The van der Waals surface area contributed by atoms with Gasteiger partial charge in [-0.05, 0) is 36.2 Å². The zero-order valence-corrected chi connectivity index (χ0v) is 9.03. The van der Waals surface area contributed by atoms with Gasteiger partial charge in [0.05, 0.1) is 12.5 Å². The van der Waals surface area contributed by atoms with Crippen molar-refractivity contribution in [3.63, 3.8) is 0 Å². The molecule has 0 spiro atoms. The first-order chi connectivity index (χ1) is 7.18. The van der Waals surface area contributed by atoms with Gasteiger partial charge in [-0.1, -0.05) is 17.7 Å². The molecule has 0 fully saturated rings. The van der Waals surface area contributed by atoms with Gasteiger partial charge in [0.1, 0.15) is 6.10 Å². The summed E-state index contributed by atoms with van der Waals surface area (Å²) in [4.78, 5) is 0. The van der Waals surface area contributed by atoms with E-state index in [1.54, 1.807) is 24.7 Å². The number of aliphatic hydroxyl groups excluding tert-OH is 1. The second-order valence-corrected chi connectivity index (χ2v) is 3.90. The summed E-state index contributed by atoms with van der Waals surface area (Å²) in [7, 11) is 0. The molecule has 2 nitrogen and oxygen atoms in total. The zero-order valence-electron chi connectivity index (χ0n) is 8.27. The van der Waals surface area contributed by atoms with Crippen molar-refractivity contribution in [3.8, 4) is 0 Å². The highest BCUT2D eigenvalue weighted by Gasteiger charge is 2.13. The van der Waals surface area contributed by atoms with Crippen molar-refractivity contribution < 1.29 is 9.52 Å². The van der Waals surface area contributed by atoms with Crippen LogP contribution in [0.4, 0.5) is 0 Å². The number of rotatable bonds is 2. The monoisotopic (exact) mass is 222 g/mol. The van der Waals surface area contributed by atoms with Crippen LogP contribution in [-0.4, -0.2) is 5.11 Å². The van der Waals surface area contributed by atoms with Crippen molar-refractivity contribution in [2.75, 3.05) is 0 Å². The fraction of sp³-hybridized carbons (Fsp3) is 0.167. The quantitative estimate of drug-likeness (QED) is 0.846. The van der Waals surface area contributed by atoms with Crippen LogP contribution >= 0.6 is 11.6 Å². The molecule has 0 aliphatic heterocycles. The van der Waals surface area contributed by atoms with Gasteiger partial charge in [-0.15, -0.1) is 0 Å². The predicted molar refractivity (Wildman–Crippen MR) is 59.0 cm³/mol. The zero-order chi connectivity index (χ0) is 10.8. The topological polar surface area (TPSA) is 33.4 Å². The fourth-order valence-corrected chi connectivity index (χ4v) is 1.78. The van der Waals surface area contributed by atoms with Crippen molar-refractivity contribution in [1.82, 2.24) is 0 Å². The van der Waals surface area contributed by atoms with E-state index in [0.717, 1.165) is 16.7 Å². The molecule has 0 radical (unpaired) electrons. The number of aliphatic hydroxyl groups is 1. The molecule has 0 aliphatic carbocycles. The van der Waals surface area contributed by atoms with E-state index >= 15 is 0 Å². The Balaban J connectivity index is 2.38. The highest BCUT2D eigenvalue weighted by molar-refractivity contribution is 6.30. The lowest BCUT2D eigenvalue weighted by Gasteiger charge is -2.11. The average Bonchev–Trinajstić information content (AvgIpc) is 2.69. The molecule has 1 heterocycles. The first-order valence-electron chi connectivity index (χ1n) is 4.64. The highest BCUT2D eigenvalue weighted by atomic mass is 35.5. The molecule has 0 saturated carbocycles. The Morgan fingerprint density at radius 1 is 1.33 bits per heavy atom. The van der Waals surface area contributed by atoms with Crippen LogP contribution in [0, 0.1) is 6.92 Å². The summed E-state index contributed by atoms with van der Waals surface area (Å²) in [5.41, 5.74) is 2.57. The Morgan fingerprint density at radius 3 is 2.73 bits per heavy atom. The number of halogens is 1. The molecular formula is C12H11ClO2.